The molecule has 0 aliphatic carbocycles. The molecule has 0 aromatic heterocycles. The van der Waals surface area contributed by atoms with E-state index in [9.17, 15) is 0 Å². The Morgan fingerprint density at radius 2 is 1.62 bits per heavy atom. The van der Waals surface area contributed by atoms with Crippen molar-refractivity contribution in [3.63, 3.8) is 0 Å². The predicted octanol–water partition coefficient (Wildman–Crippen LogP) is 0.0659. The SMILES string of the molecule is CC(C)O[P+](O)(O)O. The van der Waals surface area contributed by atoms with E-state index >= 15 is 0 Å². The summed E-state index contributed by atoms with van der Waals surface area (Å²) in [5.41, 5.74) is 0. The van der Waals surface area contributed by atoms with E-state index in [-0.39, 0.29) is 6.10 Å². The van der Waals surface area contributed by atoms with Crippen LogP contribution in [0.2, 0.25) is 0 Å². The Balaban J connectivity index is 3.39. The number of rotatable bonds is 2. The molecular weight excluding hydrogens is 131 g/mol. The standard InChI is InChI=1S/C3H10O4P/c1-3(2)7-8(4,5)6/h3-6H,1-2H3/q+1. The molecule has 0 spiro atoms. The maximum Gasteiger partial charge on any atom is 0.567 e. The summed E-state index contributed by atoms with van der Waals surface area (Å²) < 4.78 is 4.22. The third kappa shape index (κ3) is 6.27. The highest BCUT2D eigenvalue weighted by Crippen LogP contribution is 2.46. The highest BCUT2D eigenvalue weighted by atomic mass is 31.2. The smallest absolute Gasteiger partial charge is 0.168 e. The van der Waals surface area contributed by atoms with E-state index in [0.717, 1.165) is 0 Å². The lowest BCUT2D eigenvalue weighted by atomic mass is 10.5. The summed E-state index contributed by atoms with van der Waals surface area (Å²) in [6, 6.07) is 0. The Morgan fingerprint density at radius 3 is 1.62 bits per heavy atom. The summed E-state index contributed by atoms with van der Waals surface area (Å²) in [6.45, 7) is 3.19. The summed E-state index contributed by atoms with van der Waals surface area (Å²) in [4.78, 5) is 24.6. The third-order valence-electron chi connectivity index (χ3n) is 0.352. The molecule has 0 saturated carbocycles. The molecule has 0 aliphatic rings. The molecular formula is C3H10O4P+. The molecule has 0 fully saturated rings. The van der Waals surface area contributed by atoms with Crippen molar-refractivity contribution in [2.75, 3.05) is 0 Å². The average Bonchev–Trinajstić information content (AvgIpc) is 1.21. The van der Waals surface area contributed by atoms with E-state index in [0.29, 0.717) is 0 Å². The zero-order chi connectivity index (χ0) is 6.78. The van der Waals surface area contributed by atoms with Crippen molar-refractivity contribution in [1.82, 2.24) is 0 Å². The molecule has 3 N–H and O–H groups in total. The number of hydrogen-bond acceptors (Lipinski definition) is 4. The Morgan fingerprint density at radius 1 is 1.25 bits per heavy atom. The van der Waals surface area contributed by atoms with Crippen LogP contribution in [0.25, 0.3) is 0 Å². The summed E-state index contributed by atoms with van der Waals surface area (Å²) in [5, 5.41) is 0. The van der Waals surface area contributed by atoms with E-state index in [1.165, 1.54) is 0 Å². The molecule has 0 bridgehead atoms. The molecule has 5 heteroatoms. The van der Waals surface area contributed by atoms with Gasteiger partial charge in [-0.1, -0.05) is 0 Å². The van der Waals surface area contributed by atoms with Gasteiger partial charge in [-0.15, -0.1) is 0 Å². The monoisotopic (exact) mass is 141 g/mol. The van der Waals surface area contributed by atoms with Gasteiger partial charge in [0.15, 0.2) is 0 Å². The molecule has 0 saturated heterocycles. The van der Waals surface area contributed by atoms with Crippen LogP contribution in [0.3, 0.4) is 0 Å². The molecule has 0 aromatic carbocycles. The lowest BCUT2D eigenvalue weighted by molar-refractivity contribution is 0.125. The van der Waals surface area contributed by atoms with Gasteiger partial charge >= 0.3 is 8.17 Å². The van der Waals surface area contributed by atoms with E-state index < -0.39 is 8.17 Å². The molecule has 8 heavy (non-hydrogen) atoms. The van der Waals surface area contributed by atoms with Gasteiger partial charge < -0.3 is 0 Å². The van der Waals surface area contributed by atoms with Gasteiger partial charge in [-0.25, -0.2) is 0 Å². The first-order chi connectivity index (χ1) is 3.42. The lowest BCUT2D eigenvalue weighted by Crippen LogP contribution is -2.03. The van der Waals surface area contributed by atoms with Crippen LogP contribution in [0.5, 0.6) is 0 Å². The van der Waals surface area contributed by atoms with Crippen molar-refractivity contribution in [2.45, 2.75) is 20.0 Å². The first kappa shape index (κ1) is 8.27. The molecule has 0 heterocycles. The van der Waals surface area contributed by atoms with Gasteiger partial charge in [0.2, 0.25) is 0 Å². The first-order valence-electron chi connectivity index (χ1n) is 2.17. The van der Waals surface area contributed by atoms with Gasteiger partial charge in [0.25, 0.3) is 0 Å². The summed E-state index contributed by atoms with van der Waals surface area (Å²) >= 11 is 0. The normalized spacial score (nSPS) is 12.8. The topological polar surface area (TPSA) is 69.9 Å². The molecule has 0 rings (SSSR count). The van der Waals surface area contributed by atoms with Crippen LogP contribution in [-0.2, 0) is 4.52 Å². The van der Waals surface area contributed by atoms with Crippen molar-refractivity contribution >= 4 is 8.17 Å². The van der Waals surface area contributed by atoms with Gasteiger partial charge in [-0.2, -0.15) is 19.2 Å². The second-order valence-corrected chi connectivity index (χ2v) is 2.90. The van der Waals surface area contributed by atoms with Crippen molar-refractivity contribution < 1.29 is 19.2 Å². The van der Waals surface area contributed by atoms with Gasteiger partial charge in [-0.05, 0) is 13.8 Å². The first-order valence-corrected chi connectivity index (χ1v) is 3.74. The van der Waals surface area contributed by atoms with Crippen molar-refractivity contribution in [3.8, 4) is 0 Å². The summed E-state index contributed by atoms with van der Waals surface area (Å²) in [6.07, 6.45) is -0.358. The largest absolute Gasteiger partial charge is 0.567 e. The van der Waals surface area contributed by atoms with Crippen LogP contribution in [0.15, 0.2) is 0 Å². The Labute approximate surface area is 48.4 Å². The van der Waals surface area contributed by atoms with Crippen molar-refractivity contribution in [1.29, 1.82) is 0 Å². The van der Waals surface area contributed by atoms with Gasteiger partial charge in [0.1, 0.15) is 6.10 Å². The van der Waals surface area contributed by atoms with Crippen LogP contribution in [0.4, 0.5) is 0 Å². The Bertz CT molecular complexity index is 66.2. The number of hydrogen-bond donors (Lipinski definition) is 3. The summed E-state index contributed by atoms with van der Waals surface area (Å²) in [7, 11) is -3.97. The lowest BCUT2D eigenvalue weighted by Gasteiger charge is -2.03. The molecule has 0 aliphatic heterocycles. The Hall–Kier alpha value is 0.270. The zero-order valence-corrected chi connectivity index (χ0v) is 5.67. The van der Waals surface area contributed by atoms with Crippen LogP contribution in [0, 0.1) is 0 Å². The molecule has 0 unspecified atom stereocenters. The highest BCUT2D eigenvalue weighted by molar-refractivity contribution is 7.53. The summed E-state index contributed by atoms with van der Waals surface area (Å²) in [5.74, 6) is 0. The van der Waals surface area contributed by atoms with Gasteiger partial charge in [0.05, 0.1) is 0 Å². The molecule has 4 nitrogen and oxygen atoms in total. The molecule has 0 atom stereocenters. The second-order valence-electron chi connectivity index (χ2n) is 1.67. The van der Waals surface area contributed by atoms with Crippen molar-refractivity contribution in [3.05, 3.63) is 0 Å². The predicted molar refractivity (Wildman–Crippen MR) is 29.8 cm³/mol. The zero-order valence-electron chi connectivity index (χ0n) is 4.77. The van der Waals surface area contributed by atoms with E-state index in [1.54, 1.807) is 13.8 Å². The molecule has 0 amide bonds. The van der Waals surface area contributed by atoms with Crippen LogP contribution < -0.4 is 0 Å². The van der Waals surface area contributed by atoms with E-state index in [4.69, 9.17) is 14.7 Å². The highest BCUT2D eigenvalue weighted by Gasteiger charge is 2.34. The van der Waals surface area contributed by atoms with Gasteiger partial charge in [0, 0.05) is 0 Å². The van der Waals surface area contributed by atoms with Crippen LogP contribution >= 0.6 is 8.17 Å². The second kappa shape index (κ2) is 2.71. The fourth-order valence-electron chi connectivity index (χ4n) is 0.283. The van der Waals surface area contributed by atoms with E-state index in [2.05, 4.69) is 4.52 Å². The minimum atomic E-state index is -3.97. The minimum absolute atomic E-state index is 0.358. The minimum Gasteiger partial charge on any atom is -0.168 e. The maximum absolute atomic E-state index is 8.19. The van der Waals surface area contributed by atoms with Crippen LogP contribution in [-0.4, -0.2) is 20.8 Å². The van der Waals surface area contributed by atoms with Crippen molar-refractivity contribution in [2.24, 2.45) is 0 Å². The molecule has 0 radical (unpaired) electrons. The average molecular weight is 141 g/mol. The van der Waals surface area contributed by atoms with Gasteiger partial charge in [-0.3, -0.25) is 0 Å². The fraction of sp³-hybridized carbons (Fsp3) is 1.00. The fourth-order valence-corrected chi connectivity index (χ4v) is 0.849. The maximum atomic E-state index is 8.19. The third-order valence-corrected chi connectivity index (χ3v) is 1.06. The van der Waals surface area contributed by atoms with E-state index in [1.807, 2.05) is 0 Å². The molecule has 0 aromatic rings. The Kier molecular flexibility index (Phi) is 2.80. The molecule has 50 valence electrons. The quantitative estimate of drug-likeness (QED) is 0.476. The van der Waals surface area contributed by atoms with Crippen LogP contribution in [0.1, 0.15) is 13.8 Å².